The van der Waals surface area contributed by atoms with E-state index in [-0.39, 0.29) is 11.6 Å². The van der Waals surface area contributed by atoms with Gasteiger partial charge in [0.05, 0.1) is 11.4 Å². The summed E-state index contributed by atoms with van der Waals surface area (Å²) in [4.78, 5) is 12.3. The van der Waals surface area contributed by atoms with Crippen LogP contribution in [0.1, 0.15) is 10.4 Å². The van der Waals surface area contributed by atoms with Crippen LogP contribution in [0.4, 0.5) is 21.5 Å². The third-order valence-electron chi connectivity index (χ3n) is 3.34. The van der Waals surface area contributed by atoms with Gasteiger partial charge in [-0.3, -0.25) is 4.79 Å². The molecule has 23 heavy (non-hydrogen) atoms. The molecule has 0 spiro atoms. The molecular weight excluding hydrogens is 291 g/mol. The minimum atomic E-state index is -0.431. The van der Waals surface area contributed by atoms with Gasteiger partial charge < -0.3 is 10.6 Å². The largest absolute Gasteiger partial charge is 0.351 e. The first kappa shape index (κ1) is 14.8. The van der Waals surface area contributed by atoms with E-state index in [0.717, 1.165) is 5.69 Å². The molecule has 0 aliphatic carbocycles. The van der Waals surface area contributed by atoms with E-state index in [1.807, 2.05) is 36.4 Å². The molecule has 0 fully saturated rings. The fourth-order valence-corrected chi connectivity index (χ4v) is 2.21. The molecule has 4 heteroatoms. The van der Waals surface area contributed by atoms with Crippen molar-refractivity contribution in [3.63, 3.8) is 0 Å². The molecule has 3 rings (SSSR count). The SMILES string of the molecule is O=C(Nc1cccc(F)c1Nc1ccccc1)c1ccccc1. The zero-order valence-corrected chi connectivity index (χ0v) is 12.3. The second-order valence-corrected chi connectivity index (χ2v) is 4.97. The number of rotatable bonds is 4. The Hall–Kier alpha value is -3.14. The van der Waals surface area contributed by atoms with Crippen molar-refractivity contribution in [2.24, 2.45) is 0 Å². The number of nitrogens with one attached hydrogen (secondary N) is 2. The van der Waals surface area contributed by atoms with Gasteiger partial charge in [0.15, 0.2) is 0 Å². The lowest BCUT2D eigenvalue weighted by Crippen LogP contribution is -2.13. The van der Waals surface area contributed by atoms with Crippen molar-refractivity contribution >= 4 is 23.0 Å². The Morgan fingerprint density at radius 2 is 1.43 bits per heavy atom. The van der Waals surface area contributed by atoms with Crippen LogP contribution in [0.2, 0.25) is 0 Å². The van der Waals surface area contributed by atoms with Crippen LogP contribution in [0, 0.1) is 5.82 Å². The van der Waals surface area contributed by atoms with E-state index in [1.165, 1.54) is 6.07 Å². The third kappa shape index (κ3) is 3.55. The number of amides is 1. The molecule has 3 aromatic rings. The van der Waals surface area contributed by atoms with Gasteiger partial charge in [0.1, 0.15) is 5.82 Å². The Kier molecular flexibility index (Phi) is 4.34. The molecule has 2 N–H and O–H groups in total. The second-order valence-electron chi connectivity index (χ2n) is 4.97. The van der Waals surface area contributed by atoms with Gasteiger partial charge >= 0.3 is 0 Å². The van der Waals surface area contributed by atoms with Gasteiger partial charge in [0, 0.05) is 11.3 Å². The summed E-state index contributed by atoms with van der Waals surface area (Å²) < 4.78 is 14.2. The van der Waals surface area contributed by atoms with Crippen molar-refractivity contribution < 1.29 is 9.18 Å². The molecule has 0 saturated heterocycles. The zero-order valence-electron chi connectivity index (χ0n) is 12.3. The van der Waals surface area contributed by atoms with Crippen LogP contribution >= 0.6 is 0 Å². The van der Waals surface area contributed by atoms with Crippen molar-refractivity contribution in [2.75, 3.05) is 10.6 Å². The zero-order chi connectivity index (χ0) is 16.1. The van der Waals surface area contributed by atoms with Gasteiger partial charge in [-0.25, -0.2) is 4.39 Å². The van der Waals surface area contributed by atoms with Crippen LogP contribution in [0.25, 0.3) is 0 Å². The first-order chi connectivity index (χ1) is 11.2. The van der Waals surface area contributed by atoms with Gasteiger partial charge in [0.25, 0.3) is 5.91 Å². The molecular formula is C19H15FN2O. The number of benzene rings is 3. The predicted molar refractivity (Wildman–Crippen MR) is 90.5 cm³/mol. The molecule has 1 amide bonds. The van der Waals surface area contributed by atoms with E-state index in [9.17, 15) is 9.18 Å². The van der Waals surface area contributed by atoms with E-state index >= 15 is 0 Å². The molecule has 0 atom stereocenters. The first-order valence-electron chi connectivity index (χ1n) is 7.21. The third-order valence-corrected chi connectivity index (χ3v) is 3.34. The van der Waals surface area contributed by atoms with Gasteiger partial charge in [-0.15, -0.1) is 0 Å². The summed E-state index contributed by atoms with van der Waals surface area (Å²) in [7, 11) is 0. The van der Waals surface area contributed by atoms with Crippen LogP contribution in [0.15, 0.2) is 78.9 Å². The predicted octanol–water partition coefficient (Wildman–Crippen LogP) is 4.82. The lowest BCUT2D eigenvalue weighted by atomic mass is 10.2. The number of halogens is 1. The van der Waals surface area contributed by atoms with Gasteiger partial charge in [-0.05, 0) is 36.4 Å². The molecule has 0 aliphatic heterocycles. The molecule has 0 aliphatic rings. The van der Waals surface area contributed by atoms with Crippen molar-refractivity contribution in [3.8, 4) is 0 Å². The fraction of sp³-hybridized carbons (Fsp3) is 0. The number of hydrogen-bond acceptors (Lipinski definition) is 2. The summed E-state index contributed by atoms with van der Waals surface area (Å²) >= 11 is 0. The quantitative estimate of drug-likeness (QED) is 0.725. The second kappa shape index (κ2) is 6.75. The summed E-state index contributed by atoms with van der Waals surface area (Å²) in [6.45, 7) is 0. The highest BCUT2D eigenvalue weighted by molar-refractivity contribution is 6.06. The van der Waals surface area contributed by atoms with E-state index in [4.69, 9.17) is 0 Å². The van der Waals surface area contributed by atoms with Crippen LogP contribution in [-0.2, 0) is 0 Å². The first-order valence-corrected chi connectivity index (χ1v) is 7.21. The van der Waals surface area contributed by atoms with Crippen LogP contribution in [-0.4, -0.2) is 5.91 Å². The highest BCUT2D eigenvalue weighted by Gasteiger charge is 2.12. The molecule has 3 nitrogen and oxygen atoms in total. The average Bonchev–Trinajstić information content (AvgIpc) is 2.59. The summed E-state index contributed by atoms with van der Waals surface area (Å²) in [5.41, 5.74) is 1.89. The molecule has 0 unspecified atom stereocenters. The standard InChI is InChI=1S/C19H15FN2O/c20-16-12-7-13-17(18(16)21-15-10-5-2-6-11-15)22-19(23)14-8-3-1-4-9-14/h1-13,21H,(H,22,23). The highest BCUT2D eigenvalue weighted by Crippen LogP contribution is 2.28. The minimum absolute atomic E-state index is 0.239. The smallest absolute Gasteiger partial charge is 0.255 e. The molecule has 0 saturated carbocycles. The Morgan fingerprint density at radius 3 is 2.13 bits per heavy atom. The van der Waals surface area contributed by atoms with Crippen LogP contribution in [0.5, 0.6) is 0 Å². The molecule has 0 heterocycles. The molecule has 0 radical (unpaired) electrons. The normalized spacial score (nSPS) is 10.1. The van der Waals surface area contributed by atoms with Gasteiger partial charge in [-0.2, -0.15) is 0 Å². The van der Waals surface area contributed by atoms with Gasteiger partial charge in [-0.1, -0.05) is 42.5 Å². The number of anilines is 3. The average molecular weight is 306 g/mol. The van der Waals surface area contributed by atoms with E-state index in [1.54, 1.807) is 36.4 Å². The monoisotopic (exact) mass is 306 g/mol. The van der Waals surface area contributed by atoms with Crippen LogP contribution < -0.4 is 10.6 Å². The number of carbonyl (C=O) groups is 1. The maximum atomic E-state index is 14.2. The maximum Gasteiger partial charge on any atom is 0.255 e. The Morgan fingerprint density at radius 1 is 0.783 bits per heavy atom. The van der Waals surface area contributed by atoms with E-state index in [0.29, 0.717) is 11.3 Å². The molecule has 3 aromatic carbocycles. The van der Waals surface area contributed by atoms with E-state index in [2.05, 4.69) is 10.6 Å². The Balaban J connectivity index is 1.88. The van der Waals surface area contributed by atoms with Crippen LogP contribution in [0.3, 0.4) is 0 Å². The van der Waals surface area contributed by atoms with Crippen molar-refractivity contribution in [1.29, 1.82) is 0 Å². The highest BCUT2D eigenvalue weighted by atomic mass is 19.1. The lowest BCUT2D eigenvalue weighted by Gasteiger charge is -2.14. The summed E-state index contributed by atoms with van der Waals surface area (Å²) in [5, 5.41) is 5.75. The summed E-state index contributed by atoms with van der Waals surface area (Å²) in [6.07, 6.45) is 0. The van der Waals surface area contributed by atoms with Crippen molar-refractivity contribution in [1.82, 2.24) is 0 Å². The lowest BCUT2D eigenvalue weighted by molar-refractivity contribution is 0.102. The van der Waals surface area contributed by atoms with Gasteiger partial charge in [0.2, 0.25) is 0 Å². The Bertz CT molecular complexity index is 804. The summed E-state index contributed by atoms with van der Waals surface area (Å²) in [6, 6.07) is 22.6. The maximum absolute atomic E-state index is 14.2. The Labute approximate surface area is 133 Å². The fourth-order valence-electron chi connectivity index (χ4n) is 2.21. The molecule has 0 bridgehead atoms. The number of carbonyl (C=O) groups excluding carboxylic acids is 1. The van der Waals surface area contributed by atoms with Crippen molar-refractivity contribution in [3.05, 3.63) is 90.2 Å². The minimum Gasteiger partial charge on any atom is -0.351 e. The summed E-state index contributed by atoms with van der Waals surface area (Å²) in [5.74, 6) is -0.716. The molecule has 114 valence electrons. The van der Waals surface area contributed by atoms with E-state index < -0.39 is 5.82 Å². The van der Waals surface area contributed by atoms with Crippen molar-refractivity contribution in [2.45, 2.75) is 0 Å². The topological polar surface area (TPSA) is 41.1 Å². The number of para-hydroxylation sites is 2. The molecule has 0 aromatic heterocycles. The number of hydrogen-bond donors (Lipinski definition) is 2.